The highest BCUT2D eigenvalue weighted by Crippen LogP contribution is 2.34. The minimum absolute atomic E-state index is 0.122. The summed E-state index contributed by atoms with van der Waals surface area (Å²) in [5.74, 6) is -1.03. The summed E-state index contributed by atoms with van der Waals surface area (Å²) in [6, 6.07) is 3.19. The van der Waals surface area contributed by atoms with E-state index in [0.29, 0.717) is 11.1 Å². The maximum Gasteiger partial charge on any atom is 0.337 e. The number of benzene rings is 1. The van der Waals surface area contributed by atoms with E-state index in [-0.39, 0.29) is 10.6 Å². The van der Waals surface area contributed by atoms with Gasteiger partial charge in [-0.25, -0.2) is 4.79 Å². The van der Waals surface area contributed by atoms with Gasteiger partial charge in [-0.15, -0.1) is 11.3 Å². The fourth-order valence-corrected chi connectivity index (χ4v) is 2.48. The lowest BCUT2D eigenvalue weighted by atomic mass is 10.1. The fourth-order valence-electron chi connectivity index (χ4n) is 1.35. The number of nitrogens with two attached hydrogens (primary N) is 1. The number of hydrogen-bond donors (Lipinski definition) is 2. The third kappa shape index (κ3) is 1.23. The van der Waals surface area contributed by atoms with Crippen molar-refractivity contribution in [3.8, 4) is 0 Å². The zero-order valence-corrected chi connectivity index (χ0v) is 8.52. The number of anilines is 1. The number of rotatable bonds is 1. The van der Waals surface area contributed by atoms with Crippen LogP contribution in [0.5, 0.6) is 0 Å². The molecule has 3 nitrogen and oxygen atoms in total. The molecule has 0 saturated carbocycles. The van der Waals surface area contributed by atoms with Crippen LogP contribution in [0.25, 0.3) is 10.1 Å². The Morgan fingerprint density at radius 1 is 1.57 bits per heavy atom. The molecular weight excluding hydrogens is 222 g/mol. The van der Waals surface area contributed by atoms with E-state index in [0.717, 1.165) is 4.70 Å². The van der Waals surface area contributed by atoms with Crippen LogP contribution >= 0.6 is 22.9 Å². The number of fused-ring (bicyclic) bond motifs is 1. The van der Waals surface area contributed by atoms with E-state index in [1.54, 1.807) is 11.4 Å². The Balaban J connectivity index is 2.93. The minimum atomic E-state index is -1.03. The van der Waals surface area contributed by atoms with Crippen LogP contribution in [0.15, 0.2) is 17.5 Å². The Labute approximate surface area is 88.7 Å². The quantitative estimate of drug-likeness (QED) is 0.737. The van der Waals surface area contributed by atoms with Gasteiger partial charge in [0, 0.05) is 5.39 Å². The molecule has 5 heteroatoms. The van der Waals surface area contributed by atoms with E-state index in [4.69, 9.17) is 22.4 Å². The molecule has 14 heavy (non-hydrogen) atoms. The number of carboxylic acids is 1. The van der Waals surface area contributed by atoms with E-state index in [1.807, 2.05) is 0 Å². The first-order chi connectivity index (χ1) is 6.61. The van der Waals surface area contributed by atoms with Gasteiger partial charge in [-0.3, -0.25) is 0 Å². The maximum absolute atomic E-state index is 10.9. The lowest BCUT2D eigenvalue weighted by Crippen LogP contribution is -1.99. The van der Waals surface area contributed by atoms with Crippen LogP contribution in [0.4, 0.5) is 5.69 Å². The molecule has 1 aromatic carbocycles. The molecule has 1 heterocycles. The minimum Gasteiger partial charge on any atom is -0.478 e. The van der Waals surface area contributed by atoms with Gasteiger partial charge in [0.05, 0.1) is 21.0 Å². The van der Waals surface area contributed by atoms with Crippen molar-refractivity contribution < 1.29 is 9.90 Å². The van der Waals surface area contributed by atoms with Crippen molar-refractivity contribution in [1.29, 1.82) is 0 Å². The van der Waals surface area contributed by atoms with Crippen LogP contribution in [-0.4, -0.2) is 11.1 Å². The lowest BCUT2D eigenvalue weighted by Gasteiger charge is -2.03. The molecule has 0 radical (unpaired) electrons. The molecular formula is C9H6ClNO2S. The van der Waals surface area contributed by atoms with Crippen molar-refractivity contribution in [1.82, 2.24) is 0 Å². The topological polar surface area (TPSA) is 63.3 Å². The fraction of sp³-hybridized carbons (Fsp3) is 0. The summed E-state index contributed by atoms with van der Waals surface area (Å²) < 4.78 is 0.770. The second-order valence-electron chi connectivity index (χ2n) is 2.79. The zero-order valence-electron chi connectivity index (χ0n) is 6.95. The first kappa shape index (κ1) is 9.30. The van der Waals surface area contributed by atoms with E-state index in [2.05, 4.69) is 0 Å². The van der Waals surface area contributed by atoms with Crippen LogP contribution in [0.2, 0.25) is 5.02 Å². The number of carbonyl (C=O) groups is 1. The highest BCUT2D eigenvalue weighted by atomic mass is 35.5. The average molecular weight is 228 g/mol. The number of thiophene rings is 1. The number of halogens is 1. The molecule has 0 aliphatic carbocycles. The predicted molar refractivity (Wildman–Crippen MR) is 58.2 cm³/mol. The second kappa shape index (κ2) is 3.15. The summed E-state index contributed by atoms with van der Waals surface area (Å²) in [4.78, 5) is 10.9. The standard InChI is InChI=1S/C9H6ClNO2S/c10-5-3-6(11)8-4(1-2-14-8)7(5)9(12)13/h1-3H,11H2,(H,12,13). The molecule has 1 aromatic heterocycles. The van der Waals surface area contributed by atoms with Crippen molar-refractivity contribution in [2.24, 2.45) is 0 Å². The van der Waals surface area contributed by atoms with Crippen LogP contribution in [0, 0.1) is 0 Å². The maximum atomic E-state index is 10.9. The first-order valence-corrected chi connectivity index (χ1v) is 5.05. The van der Waals surface area contributed by atoms with Gasteiger partial charge in [0.15, 0.2) is 0 Å². The monoisotopic (exact) mass is 227 g/mol. The van der Waals surface area contributed by atoms with Gasteiger partial charge in [-0.2, -0.15) is 0 Å². The second-order valence-corrected chi connectivity index (χ2v) is 4.11. The molecule has 0 aliphatic heterocycles. The lowest BCUT2D eigenvalue weighted by molar-refractivity contribution is 0.0699. The molecule has 0 fully saturated rings. The number of carboxylic acid groups (broad SMARTS) is 1. The third-order valence-electron chi connectivity index (χ3n) is 1.93. The number of hydrogen-bond acceptors (Lipinski definition) is 3. The Bertz CT molecular complexity index is 521. The zero-order chi connectivity index (χ0) is 10.3. The number of aromatic carboxylic acids is 1. The molecule has 0 amide bonds. The Morgan fingerprint density at radius 2 is 2.29 bits per heavy atom. The van der Waals surface area contributed by atoms with Crippen molar-refractivity contribution >= 4 is 44.7 Å². The molecule has 72 valence electrons. The molecule has 0 aliphatic rings. The van der Waals surface area contributed by atoms with E-state index < -0.39 is 5.97 Å². The molecule has 0 atom stereocenters. The average Bonchev–Trinajstić information content (AvgIpc) is 2.51. The molecule has 0 bridgehead atoms. The van der Waals surface area contributed by atoms with Crippen molar-refractivity contribution in [2.75, 3.05) is 5.73 Å². The molecule has 2 aromatic rings. The van der Waals surface area contributed by atoms with E-state index in [1.165, 1.54) is 17.4 Å². The summed E-state index contributed by atoms with van der Waals surface area (Å²) in [6.45, 7) is 0. The summed E-state index contributed by atoms with van der Waals surface area (Å²) >= 11 is 7.21. The van der Waals surface area contributed by atoms with E-state index >= 15 is 0 Å². The normalized spacial score (nSPS) is 10.6. The van der Waals surface area contributed by atoms with Gasteiger partial charge in [-0.05, 0) is 17.5 Å². The predicted octanol–water partition coefficient (Wildman–Crippen LogP) is 2.84. The molecule has 0 unspecified atom stereocenters. The van der Waals surface area contributed by atoms with Crippen LogP contribution in [0.1, 0.15) is 10.4 Å². The smallest absolute Gasteiger partial charge is 0.337 e. The first-order valence-electron chi connectivity index (χ1n) is 3.79. The van der Waals surface area contributed by atoms with Gasteiger partial charge >= 0.3 is 5.97 Å². The molecule has 0 saturated heterocycles. The van der Waals surface area contributed by atoms with Crippen molar-refractivity contribution in [2.45, 2.75) is 0 Å². The van der Waals surface area contributed by atoms with Crippen LogP contribution < -0.4 is 5.73 Å². The van der Waals surface area contributed by atoms with Gasteiger partial charge in [0.25, 0.3) is 0 Å². The Hall–Kier alpha value is -1.26. The van der Waals surface area contributed by atoms with Crippen molar-refractivity contribution in [3.05, 3.63) is 28.1 Å². The van der Waals surface area contributed by atoms with Crippen LogP contribution in [-0.2, 0) is 0 Å². The highest BCUT2D eigenvalue weighted by molar-refractivity contribution is 7.17. The largest absolute Gasteiger partial charge is 0.478 e. The van der Waals surface area contributed by atoms with Gasteiger partial charge in [0.2, 0.25) is 0 Å². The third-order valence-corrected chi connectivity index (χ3v) is 3.19. The van der Waals surface area contributed by atoms with Crippen molar-refractivity contribution in [3.63, 3.8) is 0 Å². The Kier molecular flexibility index (Phi) is 2.09. The SMILES string of the molecule is Nc1cc(Cl)c(C(=O)O)c2ccsc12. The Morgan fingerprint density at radius 3 is 2.93 bits per heavy atom. The summed E-state index contributed by atoms with van der Waals surface area (Å²) in [5, 5.41) is 11.5. The van der Waals surface area contributed by atoms with Gasteiger partial charge in [-0.1, -0.05) is 11.6 Å². The van der Waals surface area contributed by atoms with Crippen LogP contribution in [0.3, 0.4) is 0 Å². The van der Waals surface area contributed by atoms with Gasteiger partial charge in [0.1, 0.15) is 0 Å². The molecule has 2 rings (SSSR count). The summed E-state index contributed by atoms with van der Waals surface area (Å²) in [5.41, 5.74) is 6.34. The molecule has 0 spiro atoms. The summed E-state index contributed by atoms with van der Waals surface area (Å²) in [7, 11) is 0. The van der Waals surface area contributed by atoms with Gasteiger partial charge < -0.3 is 10.8 Å². The van der Waals surface area contributed by atoms with E-state index in [9.17, 15) is 4.79 Å². The highest BCUT2D eigenvalue weighted by Gasteiger charge is 2.15. The number of nitrogen functional groups attached to an aromatic ring is 1. The summed E-state index contributed by atoms with van der Waals surface area (Å²) in [6.07, 6.45) is 0. The molecule has 3 N–H and O–H groups in total.